The minimum atomic E-state index is -1.29. The Morgan fingerprint density at radius 1 is 1.50 bits per heavy atom. The predicted molar refractivity (Wildman–Crippen MR) is 48.3 cm³/mol. The summed E-state index contributed by atoms with van der Waals surface area (Å²) in [6, 6.07) is 8.66. The third-order valence-electron chi connectivity index (χ3n) is 1.28. The topological polar surface area (TPSA) is 40.9 Å². The van der Waals surface area contributed by atoms with Gasteiger partial charge in [0.2, 0.25) is 0 Å². The fraction of sp³-hybridized carbons (Fsp3) is 0.125. The van der Waals surface area contributed by atoms with E-state index in [1.165, 1.54) is 0 Å². The second-order valence-electron chi connectivity index (χ2n) is 2.08. The van der Waals surface area contributed by atoms with Crippen molar-refractivity contribution in [1.82, 2.24) is 0 Å². The van der Waals surface area contributed by atoms with E-state index in [9.17, 15) is 4.21 Å². The van der Waals surface area contributed by atoms with Gasteiger partial charge in [0, 0.05) is 0 Å². The molecule has 0 spiro atoms. The van der Waals surface area contributed by atoms with Crippen LogP contribution in [0.3, 0.4) is 0 Å². The highest BCUT2D eigenvalue weighted by Crippen LogP contribution is 2.18. The van der Waals surface area contributed by atoms with E-state index in [0.717, 1.165) is 0 Å². The fourth-order valence-corrected chi connectivity index (χ4v) is 1.95. The number of hydrogen-bond acceptors (Lipinski definition) is 2. The van der Waals surface area contributed by atoms with E-state index in [4.69, 9.17) is 16.9 Å². The van der Waals surface area contributed by atoms with Crippen LogP contribution in [0.4, 0.5) is 0 Å². The van der Waals surface area contributed by atoms with Gasteiger partial charge in [-0.05, 0) is 12.1 Å². The quantitative estimate of drug-likeness (QED) is 0.731. The molecule has 0 N–H and O–H groups in total. The summed E-state index contributed by atoms with van der Waals surface area (Å²) in [5.41, 5.74) is 0. The molecule has 1 rings (SSSR count). The molecule has 0 saturated carbocycles. The number of rotatable bonds is 2. The Kier molecular flexibility index (Phi) is 3.27. The molecule has 0 radical (unpaired) electrons. The molecular weight excluding hydrogens is 194 g/mol. The van der Waals surface area contributed by atoms with Crippen LogP contribution >= 0.6 is 11.6 Å². The van der Waals surface area contributed by atoms with Crippen molar-refractivity contribution in [2.45, 2.75) is 4.90 Å². The highest BCUT2D eigenvalue weighted by Gasteiger charge is 2.05. The smallest absolute Gasteiger partial charge is 0.115 e. The summed E-state index contributed by atoms with van der Waals surface area (Å²) in [6.45, 7) is 0. The lowest BCUT2D eigenvalue weighted by atomic mass is 10.4. The number of nitrogens with zero attached hydrogens (tertiary/aromatic N) is 1. The normalized spacial score (nSPS) is 12.0. The third-order valence-corrected chi connectivity index (χ3v) is 2.96. The van der Waals surface area contributed by atoms with E-state index in [1.807, 2.05) is 6.07 Å². The molecule has 0 saturated heterocycles. The van der Waals surface area contributed by atoms with Gasteiger partial charge in [-0.2, -0.15) is 5.26 Å². The zero-order chi connectivity index (χ0) is 8.97. The van der Waals surface area contributed by atoms with Crippen LogP contribution in [0.5, 0.6) is 0 Å². The molecule has 0 amide bonds. The molecule has 1 atom stereocenters. The summed E-state index contributed by atoms with van der Waals surface area (Å²) in [6.07, 6.45) is 0. The Balaban J connectivity index is 2.97. The van der Waals surface area contributed by atoms with Gasteiger partial charge in [0.25, 0.3) is 0 Å². The molecule has 0 aromatic heterocycles. The van der Waals surface area contributed by atoms with Gasteiger partial charge in [0.1, 0.15) is 5.75 Å². The number of halogens is 1. The average molecular weight is 200 g/mol. The van der Waals surface area contributed by atoms with Crippen molar-refractivity contribution in [2.75, 3.05) is 5.75 Å². The largest absolute Gasteiger partial charge is 0.253 e. The van der Waals surface area contributed by atoms with Crippen molar-refractivity contribution in [3.63, 3.8) is 0 Å². The molecule has 62 valence electrons. The average Bonchev–Trinajstić information content (AvgIpc) is 2.05. The Labute approximate surface area is 78.2 Å². The zero-order valence-electron chi connectivity index (χ0n) is 6.16. The van der Waals surface area contributed by atoms with Crippen LogP contribution in [0.15, 0.2) is 29.2 Å². The SMILES string of the molecule is N#CCS(=O)c1ccccc1Cl. The van der Waals surface area contributed by atoms with Crippen molar-refractivity contribution in [1.29, 1.82) is 5.26 Å². The van der Waals surface area contributed by atoms with Crippen molar-refractivity contribution in [3.05, 3.63) is 29.3 Å². The van der Waals surface area contributed by atoms with E-state index in [0.29, 0.717) is 9.92 Å². The monoisotopic (exact) mass is 199 g/mol. The number of benzene rings is 1. The Morgan fingerprint density at radius 3 is 2.75 bits per heavy atom. The molecule has 1 aromatic rings. The van der Waals surface area contributed by atoms with Crippen LogP contribution in [0.1, 0.15) is 0 Å². The van der Waals surface area contributed by atoms with Crippen LogP contribution < -0.4 is 0 Å². The summed E-state index contributed by atoms with van der Waals surface area (Å²) in [5, 5.41) is 8.75. The summed E-state index contributed by atoms with van der Waals surface area (Å²) in [5.74, 6) is -0.0102. The van der Waals surface area contributed by atoms with Gasteiger partial charge in [0.05, 0.1) is 26.8 Å². The minimum Gasteiger partial charge on any atom is -0.253 e. The molecule has 1 aromatic carbocycles. The summed E-state index contributed by atoms with van der Waals surface area (Å²) >= 11 is 5.75. The summed E-state index contributed by atoms with van der Waals surface area (Å²) in [7, 11) is -1.29. The fourth-order valence-electron chi connectivity index (χ4n) is 0.766. The van der Waals surface area contributed by atoms with E-state index in [2.05, 4.69) is 0 Å². The first-order valence-electron chi connectivity index (χ1n) is 3.25. The molecule has 0 aliphatic carbocycles. The van der Waals surface area contributed by atoms with Crippen molar-refractivity contribution >= 4 is 22.4 Å². The first-order chi connectivity index (χ1) is 5.75. The summed E-state index contributed by atoms with van der Waals surface area (Å²) < 4.78 is 11.3. The first kappa shape index (κ1) is 9.24. The third kappa shape index (κ3) is 2.07. The van der Waals surface area contributed by atoms with Gasteiger partial charge >= 0.3 is 0 Å². The van der Waals surface area contributed by atoms with Crippen LogP contribution in [-0.2, 0) is 10.8 Å². The van der Waals surface area contributed by atoms with Crippen molar-refractivity contribution < 1.29 is 4.21 Å². The standard InChI is InChI=1S/C8H6ClNOS/c9-7-3-1-2-4-8(7)12(11)6-5-10/h1-4H,6H2. The predicted octanol–water partition coefficient (Wildman–Crippen LogP) is 1.97. The highest BCUT2D eigenvalue weighted by atomic mass is 35.5. The number of nitriles is 1. The lowest BCUT2D eigenvalue weighted by Crippen LogP contribution is -1.95. The molecule has 4 heteroatoms. The second-order valence-corrected chi connectivity index (χ2v) is 3.91. The molecule has 0 fully saturated rings. The van der Waals surface area contributed by atoms with Gasteiger partial charge in [0.15, 0.2) is 0 Å². The lowest BCUT2D eigenvalue weighted by molar-refractivity contribution is 0.685. The van der Waals surface area contributed by atoms with Crippen LogP contribution in [0.2, 0.25) is 5.02 Å². The van der Waals surface area contributed by atoms with Crippen LogP contribution in [-0.4, -0.2) is 9.96 Å². The molecule has 1 unspecified atom stereocenters. The summed E-state index contributed by atoms with van der Waals surface area (Å²) in [4.78, 5) is 0.528. The lowest BCUT2D eigenvalue weighted by Gasteiger charge is -1.98. The Hall–Kier alpha value is -0.850. The first-order valence-corrected chi connectivity index (χ1v) is 4.95. The molecule has 0 bridgehead atoms. The molecule has 0 heterocycles. The van der Waals surface area contributed by atoms with Crippen LogP contribution in [0.25, 0.3) is 0 Å². The molecule has 12 heavy (non-hydrogen) atoms. The van der Waals surface area contributed by atoms with Gasteiger partial charge in [-0.3, -0.25) is 4.21 Å². The molecule has 0 aliphatic heterocycles. The number of hydrogen-bond donors (Lipinski definition) is 0. The Bertz CT molecular complexity index is 345. The van der Waals surface area contributed by atoms with Gasteiger partial charge < -0.3 is 0 Å². The highest BCUT2D eigenvalue weighted by molar-refractivity contribution is 7.85. The maximum atomic E-state index is 11.3. The molecule has 2 nitrogen and oxygen atoms in total. The van der Waals surface area contributed by atoms with Crippen molar-refractivity contribution in [3.8, 4) is 6.07 Å². The van der Waals surface area contributed by atoms with Crippen molar-refractivity contribution in [2.24, 2.45) is 0 Å². The van der Waals surface area contributed by atoms with E-state index in [1.54, 1.807) is 24.3 Å². The maximum absolute atomic E-state index is 11.3. The maximum Gasteiger partial charge on any atom is 0.115 e. The minimum absolute atomic E-state index is 0.0102. The zero-order valence-corrected chi connectivity index (χ0v) is 7.73. The molecular formula is C8H6ClNOS. The molecule has 0 aliphatic rings. The van der Waals surface area contributed by atoms with E-state index in [-0.39, 0.29) is 5.75 Å². The van der Waals surface area contributed by atoms with Gasteiger partial charge in [-0.25, -0.2) is 0 Å². The van der Waals surface area contributed by atoms with Gasteiger partial charge in [-0.15, -0.1) is 0 Å². The van der Waals surface area contributed by atoms with Gasteiger partial charge in [-0.1, -0.05) is 23.7 Å². The Morgan fingerprint density at radius 2 is 2.17 bits per heavy atom. The van der Waals surface area contributed by atoms with E-state index < -0.39 is 10.8 Å². The van der Waals surface area contributed by atoms with E-state index >= 15 is 0 Å². The second kappa shape index (κ2) is 4.24. The van der Waals surface area contributed by atoms with Crippen LogP contribution in [0, 0.1) is 11.3 Å².